The molecule has 0 spiro atoms. The van der Waals surface area contributed by atoms with E-state index >= 15 is 0 Å². The molecule has 0 unspecified atom stereocenters. The number of oxime groups is 1. The average Bonchev–Trinajstić information content (AvgIpc) is 2.45. The van der Waals surface area contributed by atoms with Crippen molar-refractivity contribution in [1.82, 2.24) is 0 Å². The molecule has 21 heavy (non-hydrogen) atoms. The Morgan fingerprint density at radius 1 is 1.19 bits per heavy atom. The third-order valence-corrected chi connectivity index (χ3v) is 3.18. The van der Waals surface area contributed by atoms with Gasteiger partial charge in [0.25, 0.3) is 0 Å². The van der Waals surface area contributed by atoms with Gasteiger partial charge in [0.05, 0.1) is 0 Å². The smallest absolute Gasteiger partial charge is 0.308 e. The molecule has 2 rings (SSSR count). The number of hydrogen-bond donors (Lipinski definition) is 1. The first-order valence-corrected chi connectivity index (χ1v) is 6.67. The van der Waals surface area contributed by atoms with E-state index in [4.69, 9.17) is 16.3 Å². The van der Waals surface area contributed by atoms with Crippen molar-refractivity contribution in [2.24, 2.45) is 5.16 Å². The van der Waals surface area contributed by atoms with E-state index in [-0.39, 0.29) is 0 Å². The van der Waals surface area contributed by atoms with E-state index in [1.54, 1.807) is 36.4 Å². The molecule has 0 bridgehead atoms. The van der Waals surface area contributed by atoms with Gasteiger partial charge >= 0.3 is 5.97 Å². The van der Waals surface area contributed by atoms with Gasteiger partial charge in [0.1, 0.15) is 11.5 Å². The highest BCUT2D eigenvalue weighted by molar-refractivity contribution is 6.30. The van der Waals surface area contributed by atoms with Gasteiger partial charge in [-0.25, -0.2) is 0 Å². The third kappa shape index (κ3) is 3.41. The molecule has 2 aromatic carbocycles. The summed E-state index contributed by atoms with van der Waals surface area (Å²) < 4.78 is 5.25. The molecule has 0 fully saturated rings. The number of benzene rings is 2. The summed E-state index contributed by atoms with van der Waals surface area (Å²) in [6.07, 6.45) is 0. The highest BCUT2D eigenvalue weighted by Crippen LogP contribution is 2.27. The Morgan fingerprint density at radius 3 is 2.43 bits per heavy atom. The van der Waals surface area contributed by atoms with E-state index in [1.807, 2.05) is 13.0 Å². The van der Waals surface area contributed by atoms with E-state index in [0.29, 0.717) is 27.6 Å². The maximum atomic E-state index is 11.3. The van der Waals surface area contributed by atoms with Crippen molar-refractivity contribution < 1.29 is 14.7 Å². The zero-order valence-electron chi connectivity index (χ0n) is 11.6. The summed E-state index contributed by atoms with van der Waals surface area (Å²) in [7, 11) is 0. The largest absolute Gasteiger partial charge is 0.426 e. The molecule has 0 aromatic heterocycles. The van der Waals surface area contributed by atoms with Crippen LogP contribution in [0.5, 0.6) is 5.75 Å². The first-order chi connectivity index (χ1) is 10.0. The third-order valence-electron chi connectivity index (χ3n) is 2.93. The predicted octanol–water partition coefficient (Wildman–Crippen LogP) is 3.80. The highest BCUT2D eigenvalue weighted by atomic mass is 35.5. The number of para-hydroxylation sites is 1. The summed E-state index contributed by atoms with van der Waals surface area (Å²) >= 11 is 5.86. The van der Waals surface area contributed by atoms with Crippen LogP contribution in [0, 0.1) is 6.92 Å². The van der Waals surface area contributed by atoms with Crippen LogP contribution >= 0.6 is 11.6 Å². The number of carbonyl (C=O) groups excluding carboxylic acids is 1. The number of carbonyl (C=O) groups is 1. The zero-order valence-corrected chi connectivity index (χ0v) is 12.4. The lowest BCUT2D eigenvalue weighted by Gasteiger charge is -2.13. The van der Waals surface area contributed by atoms with Gasteiger partial charge in [-0.1, -0.05) is 41.0 Å². The minimum Gasteiger partial charge on any atom is -0.426 e. The fourth-order valence-electron chi connectivity index (χ4n) is 1.99. The second kappa shape index (κ2) is 6.41. The maximum absolute atomic E-state index is 11.3. The number of esters is 1. The molecule has 2 aromatic rings. The molecule has 0 amide bonds. The van der Waals surface area contributed by atoms with E-state index < -0.39 is 5.97 Å². The Hall–Kier alpha value is -2.33. The van der Waals surface area contributed by atoms with E-state index in [2.05, 4.69) is 5.16 Å². The zero-order chi connectivity index (χ0) is 15.4. The van der Waals surface area contributed by atoms with E-state index in [1.165, 1.54) is 6.92 Å². The van der Waals surface area contributed by atoms with Crippen molar-refractivity contribution in [1.29, 1.82) is 0 Å². The summed E-state index contributed by atoms with van der Waals surface area (Å²) in [6.45, 7) is 3.15. The normalized spacial score (nSPS) is 11.3. The summed E-state index contributed by atoms with van der Waals surface area (Å²) in [6, 6.07) is 12.2. The van der Waals surface area contributed by atoms with Crippen LogP contribution < -0.4 is 4.74 Å². The van der Waals surface area contributed by atoms with Crippen molar-refractivity contribution in [2.75, 3.05) is 0 Å². The van der Waals surface area contributed by atoms with Crippen LogP contribution in [0.15, 0.2) is 47.6 Å². The maximum Gasteiger partial charge on any atom is 0.308 e. The van der Waals surface area contributed by atoms with Gasteiger partial charge in [0.2, 0.25) is 0 Å². The van der Waals surface area contributed by atoms with Gasteiger partial charge in [0.15, 0.2) is 0 Å². The first kappa shape index (κ1) is 15.1. The summed E-state index contributed by atoms with van der Waals surface area (Å²) in [5.74, 6) is -0.0494. The lowest BCUT2D eigenvalue weighted by Crippen LogP contribution is -2.11. The van der Waals surface area contributed by atoms with Crippen molar-refractivity contribution in [3.05, 3.63) is 64.2 Å². The predicted molar refractivity (Wildman–Crippen MR) is 81.4 cm³/mol. The van der Waals surface area contributed by atoms with Gasteiger partial charge in [-0.3, -0.25) is 4.79 Å². The average molecular weight is 304 g/mol. The Labute approximate surface area is 127 Å². The van der Waals surface area contributed by atoms with Crippen LogP contribution in [-0.2, 0) is 4.79 Å². The number of aryl methyl sites for hydroxylation is 1. The van der Waals surface area contributed by atoms with Crippen molar-refractivity contribution in [3.8, 4) is 5.75 Å². The molecule has 0 radical (unpaired) electrons. The van der Waals surface area contributed by atoms with Crippen molar-refractivity contribution >= 4 is 23.3 Å². The summed E-state index contributed by atoms with van der Waals surface area (Å²) in [4.78, 5) is 11.3. The molecule has 0 aliphatic carbocycles. The minimum absolute atomic E-state index is 0.312. The standard InChI is InChI=1S/C16H14ClNO3/c1-10-4-3-5-14(16(10)21-11(2)19)15(18-20)12-6-8-13(17)9-7-12/h3-9,20H,1-2H3. The molecule has 0 aliphatic heterocycles. The van der Waals surface area contributed by atoms with Crippen LogP contribution in [0.2, 0.25) is 5.02 Å². The van der Waals surface area contributed by atoms with Crippen LogP contribution in [0.25, 0.3) is 0 Å². The van der Waals surface area contributed by atoms with Crippen molar-refractivity contribution in [2.45, 2.75) is 13.8 Å². The molecule has 0 saturated carbocycles. The quantitative estimate of drug-likeness (QED) is 0.308. The molecule has 1 N–H and O–H groups in total. The lowest BCUT2D eigenvalue weighted by atomic mass is 9.99. The molecule has 0 aliphatic rings. The van der Waals surface area contributed by atoms with E-state index in [0.717, 1.165) is 5.56 Å². The van der Waals surface area contributed by atoms with Gasteiger partial charge in [-0.15, -0.1) is 0 Å². The number of rotatable bonds is 3. The second-order valence-corrected chi connectivity index (χ2v) is 4.94. The molecule has 0 atom stereocenters. The van der Waals surface area contributed by atoms with Crippen LogP contribution in [-0.4, -0.2) is 16.9 Å². The Bertz CT molecular complexity index is 693. The fourth-order valence-corrected chi connectivity index (χ4v) is 2.12. The molecule has 5 heteroatoms. The summed E-state index contributed by atoms with van der Waals surface area (Å²) in [5.41, 5.74) is 2.29. The molecule has 108 valence electrons. The number of halogens is 1. The highest BCUT2D eigenvalue weighted by Gasteiger charge is 2.16. The number of ether oxygens (including phenoxy) is 1. The molecular weight excluding hydrogens is 290 g/mol. The molecule has 0 saturated heterocycles. The molecule has 0 heterocycles. The fraction of sp³-hybridized carbons (Fsp3) is 0.125. The Balaban J connectivity index is 2.55. The van der Waals surface area contributed by atoms with Gasteiger partial charge in [-0.05, 0) is 30.7 Å². The second-order valence-electron chi connectivity index (χ2n) is 4.50. The van der Waals surface area contributed by atoms with Gasteiger partial charge in [0, 0.05) is 23.1 Å². The summed E-state index contributed by atoms with van der Waals surface area (Å²) in [5, 5.41) is 13.3. The first-order valence-electron chi connectivity index (χ1n) is 6.29. The SMILES string of the molecule is CC(=O)Oc1c(C)cccc1C(=NO)c1ccc(Cl)cc1. The molecule has 4 nitrogen and oxygen atoms in total. The van der Waals surface area contributed by atoms with Crippen LogP contribution in [0.4, 0.5) is 0 Å². The van der Waals surface area contributed by atoms with Gasteiger partial charge in [-0.2, -0.15) is 0 Å². The lowest BCUT2D eigenvalue weighted by molar-refractivity contribution is -0.131. The number of nitrogens with zero attached hydrogens (tertiary/aromatic N) is 1. The minimum atomic E-state index is -0.432. The molecular formula is C16H14ClNO3. The topological polar surface area (TPSA) is 58.9 Å². The van der Waals surface area contributed by atoms with E-state index in [9.17, 15) is 10.0 Å². The van der Waals surface area contributed by atoms with Crippen LogP contribution in [0.1, 0.15) is 23.6 Å². The van der Waals surface area contributed by atoms with Crippen molar-refractivity contribution in [3.63, 3.8) is 0 Å². The Kier molecular flexibility index (Phi) is 4.60. The number of hydrogen-bond acceptors (Lipinski definition) is 4. The Morgan fingerprint density at radius 2 is 1.86 bits per heavy atom. The van der Waals surface area contributed by atoms with Crippen LogP contribution in [0.3, 0.4) is 0 Å². The monoisotopic (exact) mass is 303 g/mol. The van der Waals surface area contributed by atoms with Gasteiger partial charge < -0.3 is 9.94 Å².